The van der Waals surface area contributed by atoms with Gasteiger partial charge in [-0.1, -0.05) is 0 Å². The second-order valence-electron chi connectivity index (χ2n) is 4.14. The standard InChI is InChI=1S/C13H18F2N2O3/c1-8(16-2)7-17-12(18)9-4-5-10(19-3)11(6-9)20-13(14)15/h4-6,8,13,16H,7H2,1-3H3,(H,17,18). The van der Waals surface area contributed by atoms with Gasteiger partial charge in [0.15, 0.2) is 11.5 Å². The Morgan fingerprint density at radius 3 is 2.60 bits per heavy atom. The molecular formula is C13H18F2N2O3. The van der Waals surface area contributed by atoms with Crippen molar-refractivity contribution in [3.8, 4) is 11.5 Å². The van der Waals surface area contributed by atoms with E-state index in [2.05, 4.69) is 15.4 Å². The van der Waals surface area contributed by atoms with Crippen molar-refractivity contribution < 1.29 is 23.0 Å². The highest BCUT2D eigenvalue weighted by Gasteiger charge is 2.14. The Morgan fingerprint density at radius 1 is 1.35 bits per heavy atom. The van der Waals surface area contributed by atoms with Crippen LogP contribution >= 0.6 is 0 Å². The van der Waals surface area contributed by atoms with Crippen LogP contribution in [0.5, 0.6) is 11.5 Å². The minimum atomic E-state index is -2.98. The molecule has 0 aliphatic rings. The zero-order valence-corrected chi connectivity index (χ0v) is 11.6. The Kier molecular flexibility index (Phi) is 6.17. The highest BCUT2D eigenvalue weighted by molar-refractivity contribution is 5.94. The minimum Gasteiger partial charge on any atom is -0.493 e. The first-order chi connectivity index (χ1) is 9.47. The fraction of sp³-hybridized carbons (Fsp3) is 0.462. The molecule has 7 heteroatoms. The lowest BCUT2D eigenvalue weighted by molar-refractivity contribution is -0.0512. The van der Waals surface area contributed by atoms with Gasteiger partial charge in [-0.05, 0) is 32.2 Å². The first-order valence-electron chi connectivity index (χ1n) is 6.06. The van der Waals surface area contributed by atoms with Gasteiger partial charge in [0.2, 0.25) is 0 Å². The average molecular weight is 288 g/mol. The van der Waals surface area contributed by atoms with Crippen LogP contribution in [0.4, 0.5) is 8.78 Å². The third-order valence-corrected chi connectivity index (χ3v) is 2.70. The topological polar surface area (TPSA) is 59.6 Å². The zero-order valence-electron chi connectivity index (χ0n) is 11.6. The highest BCUT2D eigenvalue weighted by Crippen LogP contribution is 2.29. The Hall–Kier alpha value is -1.89. The number of carbonyl (C=O) groups is 1. The van der Waals surface area contributed by atoms with E-state index in [0.717, 1.165) is 0 Å². The molecule has 0 heterocycles. The summed E-state index contributed by atoms with van der Waals surface area (Å²) in [6.07, 6.45) is 0. The molecule has 0 aliphatic carbocycles. The summed E-state index contributed by atoms with van der Waals surface area (Å²) in [6, 6.07) is 4.23. The number of methoxy groups -OCH3 is 1. The molecule has 0 saturated carbocycles. The quantitative estimate of drug-likeness (QED) is 0.800. The summed E-state index contributed by atoms with van der Waals surface area (Å²) in [6.45, 7) is -0.655. The molecule has 0 bridgehead atoms. The maximum Gasteiger partial charge on any atom is 0.387 e. The van der Waals surface area contributed by atoms with Crippen molar-refractivity contribution in [2.24, 2.45) is 0 Å². The van der Waals surface area contributed by atoms with Crippen molar-refractivity contribution in [1.29, 1.82) is 0 Å². The van der Waals surface area contributed by atoms with Gasteiger partial charge in [0.25, 0.3) is 5.91 Å². The van der Waals surface area contributed by atoms with E-state index in [4.69, 9.17) is 4.74 Å². The van der Waals surface area contributed by atoms with Crippen LogP contribution in [0.15, 0.2) is 18.2 Å². The smallest absolute Gasteiger partial charge is 0.387 e. The van der Waals surface area contributed by atoms with Crippen molar-refractivity contribution in [1.82, 2.24) is 10.6 Å². The Morgan fingerprint density at radius 2 is 2.05 bits per heavy atom. The van der Waals surface area contributed by atoms with Gasteiger partial charge in [-0.3, -0.25) is 4.79 Å². The van der Waals surface area contributed by atoms with E-state index in [1.54, 1.807) is 7.05 Å². The number of likely N-dealkylation sites (N-methyl/N-ethyl adjacent to an activating group) is 1. The molecule has 5 nitrogen and oxygen atoms in total. The predicted molar refractivity (Wildman–Crippen MR) is 70.5 cm³/mol. The fourth-order valence-electron chi connectivity index (χ4n) is 1.46. The molecule has 0 radical (unpaired) electrons. The van der Waals surface area contributed by atoms with Gasteiger partial charge in [-0.15, -0.1) is 0 Å². The van der Waals surface area contributed by atoms with Crippen molar-refractivity contribution in [3.63, 3.8) is 0 Å². The van der Waals surface area contributed by atoms with E-state index < -0.39 is 6.61 Å². The largest absolute Gasteiger partial charge is 0.493 e. The number of rotatable bonds is 7. The van der Waals surface area contributed by atoms with Crippen LogP contribution < -0.4 is 20.1 Å². The van der Waals surface area contributed by atoms with Crippen LogP contribution in [-0.4, -0.2) is 39.3 Å². The summed E-state index contributed by atoms with van der Waals surface area (Å²) >= 11 is 0. The van der Waals surface area contributed by atoms with Crippen LogP contribution in [0.1, 0.15) is 17.3 Å². The van der Waals surface area contributed by atoms with E-state index in [-0.39, 0.29) is 29.0 Å². The van der Waals surface area contributed by atoms with Crippen LogP contribution in [0.25, 0.3) is 0 Å². The maximum absolute atomic E-state index is 12.3. The van der Waals surface area contributed by atoms with E-state index >= 15 is 0 Å². The molecule has 2 N–H and O–H groups in total. The lowest BCUT2D eigenvalue weighted by Crippen LogP contribution is -2.37. The van der Waals surface area contributed by atoms with Crippen LogP contribution in [-0.2, 0) is 0 Å². The summed E-state index contributed by atoms with van der Waals surface area (Å²) in [7, 11) is 3.11. The molecule has 1 aromatic rings. The van der Waals surface area contributed by atoms with Gasteiger partial charge in [-0.25, -0.2) is 0 Å². The van der Waals surface area contributed by atoms with Gasteiger partial charge < -0.3 is 20.1 Å². The minimum absolute atomic E-state index is 0.106. The van der Waals surface area contributed by atoms with E-state index in [1.165, 1.54) is 25.3 Å². The predicted octanol–water partition coefficient (Wildman–Crippen LogP) is 1.63. The zero-order chi connectivity index (χ0) is 15.1. The Labute approximate surface area is 116 Å². The number of amides is 1. The second kappa shape index (κ2) is 7.64. The van der Waals surface area contributed by atoms with Crippen molar-refractivity contribution in [3.05, 3.63) is 23.8 Å². The lowest BCUT2D eigenvalue weighted by Gasteiger charge is -2.13. The molecule has 1 unspecified atom stereocenters. The van der Waals surface area contributed by atoms with Crippen LogP contribution in [0.3, 0.4) is 0 Å². The number of nitrogens with one attached hydrogen (secondary N) is 2. The van der Waals surface area contributed by atoms with Crippen molar-refractivity contribution in [2.75, 3.05) is 20.7 Å². The molecular weight excluding hydrogens is 270 g/mol. The first kappa shape index (κ1) is 16.2. The third-order valence-electron chi connectivity index (χ3n) is 2.70. The maximum atomic E-state index is 12.3. The molecule has 0 saturated heterocycles. The number of hydrogen-bond donors (Lipinski definition) is 2. The number of hydrogen-bond acceptors (Lipinski definition) is 4. The first-order valence-corrected chi connectivity index (χ1v) is 6.06. The third kappa shape index (κ3) is 4.65. The van der Waals surface area contributed by atoms with Gasteiger partial charge in [-0.2, -0.15) is 8.78 Å². The molecule has 1 amide bonds. The van der Waals surface area contributed by atoms with E-state index in [9.17, 15) is 13.6 Å². The summed E-state index contributed by atoms with van der Waals surface area (Å²) in [4.78, 5) is 11.9. The molecule has 0 fully saturated rings. The summed E-state index contributed by atoms with van der Waals surface area (Å²) < 4.78 is 33.8. The molecule has 1 aromatic carbocycles. The van der Waals surface area contributed by atoms with Crippen LogP contribution in [0, 0.1) is 0 Å². The monoisotopic (exact) mass is 288 g/mol. The number of halogens is 2. The number of benzene rings is 1. The SMILES string of the molecule is CNC(C)CNC(=O)c1ccc(OC)c(OC(F)F)c1. The van der Waals surface area contributed by atoms with Crippen LogP contribution in [0.2, 0.25) is 0 Å². The summed E-state index contributed by atoms with van der Waals surface area (Å²) in [5.41, 5.74) is 0.227. The van der Waals surface area contributed by atoms with E-state index in [0.29, 0.717) is 6.54 Å². The van der Waals surface area contributed by atoms with Gasteiger partial charge in [0, 0.05) is 18.2 Å². The lowest BCUT2D eigenvalue weighted by atomic mass is 10.2. The summed E-state index contributed by atoms with van der Waals surface area (Å²) in [5.74, 6) is -0.392. The van der Waals surface area contributed by atoms with Gasteiger partial charge >= 0.3 is 6.61 Å². The number of ether oxygens (including phenoxy) is 2. The van der Waals surface area contributed by atoms with E-state index in [1.807, 2.05) is 6.92 Å². The number of carbonyl (C=O) groups excluding carboxylic acids is 1. The Balaban J connectivity index is 2.82. The Bertz CT molecular complexity index is 455. The normalized spacial score (nSPS) is 12.1. The molecule has 1 atom stereocenters. The molecule has 0 spiro atoms. The summed E-state index contributed by atoms with van der Waals surface area (Å²) in [5, 5.41) is 5.65. The average Bonchev–Trinajstić information content (AvgIpc) is 2.43. The number of alkyl halides is 2. The fourth-order valence-corrected chi connectivity index (χ4v) is 1.46. The van der Waals surface area contributed by atoms with Gasteiger partial charge in [0.05, 0.1) is 7.11 Å². The highest BCUT2D eigenvalue weighted by atomic mass is 19.3. The molecule has 0 aromatic heterocycles. The molecule has 112 valence electrons. The molecule has 1 rings (SSSR count). The molecule has 20 heavy (non-hydrogen) atoms. The van der Waals surface area contributed by atoms with Crippen molar-refractivity contribution >= 4 is 5.91 Å². The molecule has 0 aliphatic heterocycles. The van der Waals surface area contributed by atoms with Gasteiger partial charge in [0.1, 0.15) is 0 Å². The van der Waals surface area contributed by atoms with Crippen molar-refractivity contribution in [2.45, 2.75) is 19.6 Å². The second-order valence-corrected chi connectivity index (χ2v) is 4.14.